The average molecular weight is 456 g/mol. The minimum atomic E-state index is -0.511. The first kappa shape index (κ1) is 21.8. The lowest BCUT2D eigenvalue weighted by Gasteiger charge is -2.20. The maximum absolute atomic E-state index is 13.1. The van der Waals surface area contributed by atoms with Crippen molar-refractivity contribution < 1.29 is 23.5 Å². The number of anilines is 2. The summed E-state index contributed by atoms with van der Waals surface area (Å²) in [6.07, 6.45) is 2.38. The van der Waals surface area contributed by atoms with E-state index in [9.17, 15) is 14.0 Å². The van der Waals surface area contributed by atoms with Crippen molar-refractivity contribution in [1.29, 1.82) is 0 Å². The number of aromatic nitrogens is 1. The summed E-state index contributed by atoms with van der Waals surface area (Å²) in [7, 11) is 3.08. The molecule has 4 rings (SSSR count). The maximum Gasteiger partial charge on any atom is 0.231 e. The van der Waals surface area contributed by atoms with E-state index in [4.69, 9.17) is 9.47 Å². The lowest BCUT2D eigenvalue weighted by atomic mass is 10.1. The zero-order valence-electron chi connectivity index (χ0n) is 17.6. The third-order valence-electron chi connectivity index (χ3n) is 5.25. The van der Waals surface area contributed by atoms with Gasteiger partial charge in [-0.3, -0.25) is 9.59 Å². The van der Waals surface area contributed by atoms with Crippen molar-refractivity contribution >= 4 is 34.0 Å². The molecule has 1 aliphatic heterocycles. The van der Waals surface area contributed by atoms with E-state index in [1.807, 2.05) is 0 Å². The van der Waals surface area contributed by atoms with Gasteiger partial charge in [-0.05, 0) is 29.8 Å². The Bertz CT molecular complexity index is 1130. The van der Waals surface area contributed by atoms with Crippen molar-refractivity contribution in [2.24, 2.45) is 5.92 Å². The first-order valence-corrected chi connectivity index (χ1v) is 10.8. The molecular formula is C23H22FN3O4S. The largest absolute Gasteiger partial charge is 0.497 e. The predicted molar refractivity (Wildman–Crippen MR) is 120 cm³/mol. The number of hydrogen-bond donors (Lipinski definition) is 1. The number of nitrogens with one attached hydrogen (secondary N) is 1. The number of rotatable bonds is 7. The van der Waals surface area contributed by atoms with E-state index in [0.717, 1.165) is 10.4 Å². The van der Waals surface area contributed by atoms with Crippen LogP contribution < -0.4 is 19.7 Å². The van der Waals surface area contributed by atoms with Crippen LogP contribution in [0.5, 0.6) is 11.5 Å². The summed E-state index contributed by atoms with van der Waals surface area (Å²) in [6.45, 7) is 0.238. The third-order valence-corrected chi connectivity index (χ3v) is 6.16. The highest BCUT2D eigenvalue weighted by Crippen LogP contribution is 2.36. The smallest absolute Gasteiger partial charge is 0.231 e. The molecule has 2 amide bonds. The highest BCUT2D eigenvalue weighted by atomic mass is 32.1. The molecule has 0 spiro atoms. The first-order valence-electron chi connectivity index (χ1n) is 9.99. The van der Waals surface area contributed by atoms with Gasteiger partial charge in [0, 0.05) is 36.5 Å². The molecule has 0 aliphatic carbocycles. The number of hydrogen-bond acceptors (Lipinski definition) is 6. The van der Waals surface area contributed by atoms with E-state index in [1.54, 1.807) is 48.5 Å². The van der Waals surface area contributed by atoms with E-state index < -0.39 is 5.92 Å². The van der Waals surface area contributed by atoms with Gasteiger partial charge in [0.05, 0.1) is 25.8 Å². The molecule has 32 heavy (non-hydrogen) atoms. The monoisotopic (exact) mass is 455 g/mol. The molecular weight excluding hydrogens is 433 g/mol. The second-order valence-corrected chi connectivity index (χ2v) is 8.48. The highest BCUT2D eigenvalue weighted by Gasteiger charge is 2.36. The van der Waals surface area contributed by atoms with Crippen LogP contribution in [0.4, 0.5) is 15.2 Å². The molecule has 1 unspecified atom stereocenters. The Morgan fingerprint density at radius 1 is 1.22 bits per heavy atom. The SMILES string of the molecule is COc1ccc(OC)c(N2CC(C(=O)Nc3ncc(Cc4ccc(F)cc4)s3)CC2=O)c1. The molecule has 1 aliphatic rings. The Kier molecular flexibility index (Phi) is 6.36. The maximum atomic E-state index is 13.1. The molecule has 2 heterocycles. The van der Waals surface area contributed by atoms with Crippen molar-refractivity contribution in [3.8, 4) is 11.5 Å². The zero-order valence-corrected chi connectivity index (χ0v) is 18.4. The number of carbonyl (C=O) groups excluding carboxylic acids is 2. The van der Waals surface area contributed by atoms with E-state index in [-0.39, 0.29) is 30.6 Å². The van der Waals surface area contributed by atoms with Gasteiger partial charge in [0.1, 0.15) is 17.3 Å². The molecule has 1 atom stereocenters. The second kappa shape index (κ2) is 9.35. The van der Waals surface area contributed by atoms with Crippen LogP contribution in [0.15, 0.2) is 48.7 Å². The molecule has 1 saturated heterocycles. The summed E-state index contributed by atoms with van der Waals surface area (Å²) in [6, 6.07) is 11.5. The topological polar surface area (TPSA) is 80.8 Å². The summed E-state index contributed by atoms with van der Waals surface area (Å²) >= 11 is 1.36. The summed E-state index contributed by atoms with van der Waals surface area (Å²) in [5, 5.41) is 3.29. The van der Waals surface area contributed by atoms with E-state index in [0.29, 0.717) is 28.7 Å². The molecule has 0 saturated carbocycles. The third kappa shape index (κ3) is 4.72. The Morgan fingerprint density at radius 2 is 2.00 bits per heavy atom. The van der Waals surface area contributed by atoms with Crippen molar-refractivity contribution in [2.45, 2.75) is 12.8 Å². The van der Waals surface area contributed by atoms with Crippen LogP contribution in [0, 0.1) is 11.7 Å². The van der Waals surface area contributed by atoms with Crippen LogP contribution in [0.2, 0.25) is 0 Å². The van der Waals surface area contributed by atoms with Gasteiger partial charge in [0.25, 0.3) is 0 Å². The van der Waals surface area contributed by atoms with E-state index >= 15 is 0 Å². The highest BCUT2D eigenvalue weighted by molar-refractivity contribution is 7.15. The first-order chi connectivity index (χ1) is 15.5. The molecule has 3 aromatic rings. The molecule has 1 aromatic heterocycles. The predicted octanol–water partition coefficient (Wildman–Crippen LogP) is 3.88. The number of carbonyl (C=O) groups is 2. The van der Waals surface area contributed by atoms with Gasteiger partial charge in [0.15, 0.2) is 5.13 Å². The van der Waals surface area contributed by atoms with Crippen LogP contribution in [-0.2, 0) is 16.0 Å². The molecule has 9 heteroatoms. The van der Waals surface area contributed by atoms with Gasteiger partial charge >= 0.3 is 0 Å². The number of ether oxygens (including phenoxy) is 2. The molecule has 1 fully saturated rings. The van der Waals surface area contributed by atoms with Crippen LogP contribution >= 0.6 is 11.3 Å². The fourth-order valence-corrected chi connectivity index (χ4v) is 4.43. The number of methoxy groups -OCH3 is 2. The van der Waals surface area contributed by atoms with Crippen molar-refractivity contribution in [3.63, 3.8) is 0 Å². The van der Waals surface area contributed by atoms with Gasteiger partial charge in [-0.15, -0.1) is 11.3 Å². The summed E-state index contributed by atoms with van der Waals surface area (Å²) in [4.78, 5) is 32.2. The Labute approximate surface area is 188 Å². The van der Waals surface area contributed by atoms with Gasteiger partial charge in [-0.1, -0.05) is 12.1 Å². The minimum absolute atomic E-state index is 0.0972. The minimum Gasteiger partial charge on any atom is -0.497 e. The summed E-state index contributed by atoms with van der Waals surface area (Å²) in [5.41, 5.74) is 1.53. The summed E-state index contributed by atoms with van der Waals surface area (Å²) in [5.74, 6) is -0.0812. The average Bonchev–Trinajstić information content (AvgIpc) is 3.41. The van der Waals surface area contributed by atoms with Gasteiger partial charge < -0.3 is 19.7 Å². The Hall–Kier alpha value is -3.46. The Balaban J connectivity index is 1.41. The quantitative estimate of drug-likeness (QED) is 0.585. The van der Waals surface area contributed by atoms with Crippen LogP contribution in [-0.4, -0.2) is 37.6 Å². The van der Waals surface area contributed by atoms with Gasteiger partial charge in [-0.2, -0.15) is 0 Å². The van der Waals surface area contributed by atoms with Crippen LogP contribution in [0.3, 0.4) is 0 Å². The van der Waals surface area contributed by atoms with Crippen molar-refractivity contribution in [1.82, 2.24) is 4.98 Å². The fraction of sp³-hybridized carbons (Fsp3) is 0.261. The van der Waals surface area contributed by atoms with Crippen molar-refractivity contribution in [2.75, 3.05) is 31.0 Å². The lowest BCUT2D eigenvalue weighted by molar-refractivity contribution is -0.122. The Morgan fingerprint density at radius 3 is 2.72 bits per heavy atom. The molecule has 166 valence electrons. The normalized spacial score (nSPS) is 15.7. The van der Waals surface area contributed by atoms with E-state index in [2.05, 4.69) is 10.3 Å². The molecule has 0 radical (unpaired) electrons. The number of benzene rings is 2. The zero-order chi connectivity index (χ0) is 22.7. The standard InChI is InChI=1S/C23H22FN3O4S/c1-30-17-7-8-20(31-2)19(11-17)27-13-15(10-21(27)28)22(29)26-23-25-12-18(32-23)9-14-3-5-16(24)6-4-14/h3-8,11-12,15H,9-10,13H2,1-2H3,(H,25,26,29). The number of halogens is 1. The van der Waals surface area contributed by atoms with Crippen LogP contribution in [0.25, 0.3) is 0 Å². The molecule has 2 aromatic carbocycles. The fourth-order valence-electron chi connectivity index (χ4n) is 3.58. The van der Waals surface area contributed by atoms with Gasteiger partial charge in [-0.25, -0.2) is 9.37 Å². The van der Waals surface area contributed by atoms with Crippen molar-refractivity contribution in [3.05, 3.63) is 64.9 Å². The number of nitrogens with zero attached hydrogens (tertiary/aromatic N) is 2. The molecule has 7 nitrogen and oxygen atoms in total. The van der Waals surface area contributed by atoms with Crippen LogP contribution in [0.1, 0.15) is 16.9 Å². The van der Waals surface area contributed by atoms with E-state index in [1.165, 1.54) is 30.6 Å². The number of thiazole rings is 1. The number of amides is 2. The second-order valence-electron chi connectivity index (χ2n) is 7.37. The molecule has 1 N–H and O–H groups in total. The summed E-state index contributed by atoms with van der Waals surface area (Å²) < 4.78 is 23.7. The molecule has 0 bridgehead atoms. The van der Waals surface area contributed by atoms with Gasteiger partial charge in [0.2, 0.25) is 11.8 Å². The lowest BCUT2D eigenvalue weighted by Crippen LogP contribution is -2.28.